The topological polar surface area (TPSA) is 3.24 Å². The fraction of sp³-hybridized carbons (Fsp3) is 0.500. The summed E-state index contributed by atoms with van der Waals surface area (Å²) in [5, 5.41) is 1.31. The van der Waals surface area contributed by atoms with Gasteiger partial charge in [0, 0.05) is 0 Å². The number of hydrogen-bond donors (Lipinski definition) is 0. The van der Waals surface area contributed by atoms with Crippen LogP contribution in [0.15, 0.2) is 24.3 Å². The molecule has 0 aliphatic carbocycles. The lowest BCUT2D eigenvalue weighted by molar-refractivity contribution is 0.592. The molecule has 1 aromatic carbocycles. The lowest BCUT2D eigenvalue weighted by atomic mass is 9.87. The highest BCUT2D eigenvalue weighted by Crippen LogP contribution is 2.21. The van der Waals surface area contributed by atoms with Crippen LogP contribution in [0.2, 0.25) is 0 Å². The maximum atomic E-state index is 6.48. The second-order valence-corrected chi connectivity index (χ2v) is 8.07. The zero-order valence-electron chi connectivity index (χ0n) is 10.1. The minimum absolute atomic E-state index is 0.164. The van der Waals surface area contributed by atoms with Crippen molar-refractivity contribution in [2.45, 2.75) is 26.2 Å². The summed E-state index contributed by atoms with van der Waals surface area (Å²) in [5.41, 5.74) is 1.53. The SMILES string of the molecule is CN(C)[Si](Cl)c1ccccc1C(C)(C)C. The first-order valence-electron chi connectivity index (χ1n) is 5.13. The molecule has 0 unspecified atom stereocenters. The summed E-state index contributed by atoms with van der Waals surface area (Å²) in [5.74, 6) is 0. The summed E-state index contributed by atoms with van der Waals surface area (Å²) in [6.07, 6.45) is 0. The normalized spacial score (nSPS) is 12.5. The Morgan fingerprint density at radius 1 is 1.13 bits per heavy atom. The van der Waals surface area contributed by atoms with E-state index in [4.69, 9.17) is 11.1 Å². The van der Waals surface area contributed by atoms with E-state index in [2.05, 4.69) is 49.6 Å². The number of rotatable bonds is 2. The van der Waals surface area contributed by atoms with Gasteiger partial charge >= 0.3 is 0 Å². The first-order valence-corrected chi connectivity index (χ1v) is 7.59. The predicted octanol–water partition coefficient (Wildman–Crippen LogP) is 2.48. The van der Waals surface area contributed by atoms with E-state index in [1.165, 1.54) is 10.8 Å². The van der Waals surface area contributed by atoms with Gasteiger partial charge in [0.15, 0.2) is 0 Å². The number of halogens is 1. The van der Waals surface area contributed by atoms with Crippen molar-refractivity contribution in [3.05, 3.63) is 29.8 Å². The zero-order chi connectivity index (χ0) is 11.6. The van der Waals surface area contributed by atoms with E-state index in [-0.39, 0.29) is 5.41 Å². The molecule has 0 fully saturated rings. The third-order valence-electron chi connectivity index (χ3n) is 2.35. The fourth-order valence-corrected chi connectivity index (χ4v) is 3.45. The third-order valence-corrected chi connectivity index (χ3v) is 5.64. The Labute approximate surface area is 99.4 Å². The summed E-state index contributed by atoms with van der Waals surface area (Å²) < 4.78 is 2.12. The van der Waals surface area contributed by atoms with Crippen molar-refractivity contribution in [2.75, 3.05) is 14.1 Å². The Kier molecular flexibility index (Phi) is 3.98. The second kappa shape index (κ2) is 4.68. The van der Waals surface area contributed by atoms with Crippen LogP contribution in [0, 0.1) is 0 Å². The van der Waals surface area contributed by atoms with Crippen LogP contribution in [0.1, 0.15) is 26.3 Å². The van der Waals surface area contributed by atoms with Crippen LogP contribution < -0.4 is 5.19 Å². The van der Waals surface area contributed by atoms with Gasteiger partial charge in [-0.05, 0) is 30.3 Å². The van der Waals surface area contributed by atoms with Crippen molar-refractivity contribution in [1.82, 2.24) is 4.57 Å². The van der Waals surface area contributed by atoms with E-state index < -0.39 is 8.27 Å². The first-order chi connectivity index (χ1) is 6.84. The number of hydrogen-bond acceptors (Lipinski definition) is 1. The van der Waals surface area contributed by atoms with Crippen LogP contribution >= 0.6 is 11.1 Å². The van der Waals surface area contributed by atoms with E-state index in [1.54, 1.807) is 0 Å². The largest absolute Gasteiger partial charge is 0.314 e. The molecule has 0 aromatic heterocycles. The van der Waals surface area contributed by atoms with Gasteiger partial charge in [-0.2, -0.15) is 0 Å². The second-order valence-electron chi connectivity index (χ2n) is 4.98. The molecule has 1 radical (unpaired) electrons. The van der Waals surface area contributed by atoms with Crippen molar-refractivity contribution < 1.29 is 0 Å². The van der Waals surface area contributed by atoms with Crippen LogP contribution in [0.3, 0.4) is 0 Å². The van der Waals surface area contributed by atoms with Crippen molar-refractivity contribution in [3.63, 3.8) is 0 Å². The Balaban J connectivity index is 3.18. The summed E-state index contributed by atoms with van der Waals surface area (Å²) in [7, 11) is 2.99. The maximum Gasteiger partial charge on any atom is 0.286 e. The smallest absolute Gasteiger partial charge is 0.286 e. The van der Waals surface area contributed by atoms with Crippen LogP contribution in [0.25, 0.3) is 0 Å². The number of benzene rings is 1. The molecule has 0 N–H and O–H groups in total. The zero-order valence-corrected chi connectivity index (χ0v) is 11.9. The molecular formula is C12H19ClNSi. The van der Waals surface area contributed by atoms with Crippen molar-refractivity contribution in [2.24, 2.45) is 0 Å². The molecule has 3 heteroatoms. The highest BCUT2D eigenvalue weighted by atomic mass is 35.6. The van der Waals surface area contributed by atoms with Crippen LogP contribution in [0.4, 0.5) is 0 Å². The molecule has 1 nitrogen and oxygen atoms in total. The molecule has 83 valence electrons. The minimum Gasteiger partial charge on any atom is -0.314 e. The average molecular weight is 241 g/mol. The van der Waals surface area contributed by atoms with E-state index in [9.17, 15) is 0 Å². The maximum absolute atomic E-state index is 6.48. The highest BCUT2D eigenvalue weighted by Gasteiger charge is 2.24. The van der Waals surface area contributed by atoms with Crippen molar-refractivity contribution in [3.8, 4) is 0 Å². The molecule has 15 heavy (non-hydrogen) atoms. The lowest BCUT2D eigenvalue weighted by Crippen LogP contribution is -2.43. The van der Waals surface area contributed by atoms with Gasteiger partial charge in [-0.3, -0.25) is 0 Å². The average Bonchev–Trinajstić information content (AvgIpc) is 2.15. The van der Waals surface area contributed by atoms with E-state index >= 15 is 0 Å². The monoisotopic (exact) mass is 240 g/mol. The van der Waals surface area contributed by atoms with Gasteiger partial charge in [0.05, 0.1) is 0 Å². The van der Waals surface area contributed by atoms with Crippen LogP contribution in [-0.4, -0.2) is 26.9 Å². The van der Waals surface area contributed by atoms with Crippen molar-refractivity contribution in [1.29, 1.82) is 0 Å². The Morgan fingerprint density at radius 2 is 1.67 bits per heavy atom. The summed E-state index contributed by atoms with van der Waals surface area (Å²) in [4.78, 5) is 0. The van der Waals surface area contributed by atoms with Gasteiger partial charge in [0.1, 0.15) is 0 Å². The van der Waals surface area contributed by atoms with Crippen molar-refractivity contribution >= 4 is 24.5 Å². The van der Waals surface area contributed by atoms with Crippen LogP contribution in [0.5, 0.6) is 0 Å². The molecule has 0 saturated carbocycles. The van der Waals surface area contributed by atoms with Gasteiger partial charge in [0.25, 0.3) is 8.27 Å². The summed E-state index contributed by atoms with van der Waals surface area (Å²) >= 11 is 6.48. The van der Waals surface area contributed by atoms with Gasteiger partial charge < -0.3 is 4.57 Å². The molecule has 0 amide bonds. The molecule has 0 aliphatic rings. The fourth-order valence-electron chi connectivity index (χ4n) is 1.56. The molecule has 0 aliphatic heterocycles. The Morgan fingerprint density at radius 3 is 2.13 bits per heavy atom. The first kappa shape index (κ1) is 12.8. The quantitative estimate of drug-likeness (QED) is 0.567. The Hall–Kier alpha value is -0.313. The van der Waals surface area contributed by atoms with Gasteiger partial charge in [-0.15, -0.1) is 11.1 Å². The van der Waals surface area contributed by atoms with Gasteiger partial charge in [-0.25, -0.2) is 0 Å². The molecule has 0 spiro atoms. The standard InChI is InChI=1S/C12H19ClNSi/c1-12(2,3)10-8-6-7-9-11(10)15(13)14(4)5/h6-9H,1-5H3. The predicted molar refractivity (Wildman–Crippen MR) is 70.1 cm³/mol. The molecule has 1 rings (SSSR count). The molecule has 0 saturated heterocycles. The molecular weight excluding hydrogens is 222 g/mol. The molecule has 1 aromatic rings. The number of nitrogens with zero attached hydrogens (tertiary/aromatic N) is 1. The van der Waals surface area contributed by atoms with E-state index in [0.29, 0.717) is 0 Å². The molecule has 0 atom stereocenters. The lowest BCUT2D eigenvalue weighted by Gasteiger charge is -2.26. The summed E-state index contributed by atoms with van der Waals surface area (Å²) in [6.45, 7) is 6.69. The molecule has 0 bridgehead atoms. The van der Waals surface area contributed by atoms with Gasteiger partial charge in [0.2, 0.25) is 0 Å². The van der Waals surface area contributed by atoms with Crippen LogP contribution in [-0.2, 0) is 5.41 Å². The van der Waals surface area contributed by atoms with E-state index in [0.717, 1.165) is 0 Å². The third kappa shape index (κ3) is 3.07. The van der Waals surface area contributed by atoms with Gasteiger partial charge in [-0.1, -0.05) is 45.0 Å². The molecule has 0 heterocycles. The minimum atomic E-state index is -1.09. The van der Waals surface area contributed by atoms with E-state index in [1.807, 2.05) is 14.1 Å². The summed E-state index contributed by atoms with van der Waals surface area (Å²) in [6, 6.07) is 8.50. The highest BCUT2D eigenvalue weighted by molar-refractivity contribution is 7.12. The Bertz CT molecular complexity index is 331.